The highest BCUT2D eigenvalue weighted by molar-refractivity contribution is 6.30. The van der Waals surface area contributed by atoms with Crippen LogP contribution in [0.3, 0.4) is 0 Å². The predicted octanol–water partition coefficient (Wildman–Crippen LogP) is 7.72. The van der Waals surface area contributed by atoms with Crippen LogP contribution in [0.1, 0.15) is 62.6 Å². The zero-order valence-electron chi connectivity index (χ0n) is 19.7. The summed E-state index contributed by atoms with van der Waals surface area (Å²) in [6.07, 6.45) is -5.19. The van der Waals surface area contributed by atoms with Gasteiger partial charge in [-0.25, -0.2) is 0 Å². The Morgan fingerprint density at radius 1 is 1.17 bits per heavy atom. The number of hydrogen-bond donors (Lipinski definition) is 1. The first kappa shape index (κ1) is 27.6. The van der Waals surface area contributed by atoms with Crippen molar-refractivity contribution in [1.29, 1.82) is 0 Å². The van der Waals surface area contributed by atoms with Crippen LogP contribution in [-0.2, 0) is 4.79 Å². The molecule has 1 aliphatic heterocycles. The fourth-order valence-corrected chi connectivity index (χ4v) is 5.48. The zero-order valence-corrected chi connectivity index (χ0v) is 21.2. The van der Waals surface area contributed by atoms with Crippen LogP contribution in [0.25, 0.3) is 0 Å². The first-order valence-corrected chi connectivity index (χ1v) is 12.4. The monoisotopic (exact) mass is 527 g/mol. The van der Waals surface area contributed by atoms with E-state index in [1.165, 1.54) is 0 Å². The van der Waals surface area contributed by atoms with Crippen LogP contribution >= 0.6 is 23.2 Å². The van der Waals surface area contributed by atoms with E-state index in [2.05, 4.69) is 6.58 Å². The van der Waals surface area contributed by atoms with Crippen molar-refractivity contribution in [2.45, 2.75) is 69.8 Å². The Bertz CT molecular complexity index is 1040. The molecular weight excluding hydrogens is 498 g/mol. The summed E-state index contributed by atoms with van der Waals surface area (Å²) in [6, 6.07) is 12.9. The summed E-state index contributed by atoms with van der Waals surface area (Å²) in [5, 5.41) is 11.0. The number of halogens is 5. The molecular formula is C27H30Cl2F3NO2. The Hall–Kier alpha value is -2.02. The number of aliphatic hydroxyl groups is 1. The molecule has 0 bridgehead atoms. The van der Waals surface area contributed by atoms with Crippen LogP contribution in [0.2, 0.25) is 10.0 Å². The highest BCUT2D eigenvalue weighted by Gasteiger charge is 2.52. The third kappa shape index (κ3) is 6.04. The maximum absolute atomic E-state index is 14.0. The smallest absolute Gasteiger partial charge is 0.384 e. The van der Waals surface area contributed by atoms with Gasteiger partial charge in [-0.15, -0.1) is 6.58 Å². The normalized spacial score (nSPS) is 24.8. The van der Waals surface area contributed by atoms with Crippen LogP contribution < -0.4 is 0 Å². The lowest BCUT2D eigenvalue weighted by Crippen LogP contribution is -2.56. The van der Waals surface area contributed by atoms with E-state index < -0.39 is 36.2 Å². The van der Waals surface area contributed by atoms with Gasteiger partial charge in [0.1, 0.15) is 0 Å². The first-order chi connectivity index (χ1) is 16.4. The molecule has 8 heteroatoms. The van der Waals surface area contributed by atoms with Crippen LogP contribution in [-0.4, -0.2) is 34.2 Å². The maximum atomic E-state index is 14.0. The minimum atomic E-state index is -4.78. The van der Waals surface area contributed by atoms with Crippen molar-refractivity contribution in [1.82, 2.24) is 4.90 Å². The van der Waals surface area contributed by atoms with Crippen LogP contribution in [0, 0.1) is 5.41 Å². The number of benzene rings is 2. The lowest BCUT2D eigenvalue weighted by Gasteiger charge is -2.52. The fourth-order valence-electron chi connectivity index (χ4n) is 5.16. The number of hydrogen-bond acceptors (Lipinski definition) is 2. The average Bonchev–Trinajstić information content (AvgIpc) is 2.79. The van der Waals surface area contributed by atoms with Crippen molar-refractivity contribution in [2.75, 3.05) is 0 Å². The van der Waals surface area contributed by atoms with E-state index in [1.807, 2.05) is 25.1 Å². The fraction of sp³-hybridized carbons (Fsp3) is 0.444. The van der Waals surface area contributed by atoms with Crippen LogP contribution in [0.5, 0.6) is 0 Å². The van der Waals surface area contributed by atoms with Gasteiger partial charge in [-0.3, -0.25) is 4.79 Å². The van der Waals surface area contributed by atoms with E-state index in [9.17, 15) is 23.1 Å². The Morgan fingerprint density at radius 2 is 1.83 bits per heavy atom. The van der Waals surface area contributed by atoms with Gasteiger partial charge in [-0.2, -0.15) is 13.2 Å². The molecule has 0 aliphatic carbocycles. The van der Waals surface area contributed by atoms with Gasteiger partial charge in [0.15, 0.2) is 6.10 Å². The van der Waals surface area contributed by atoms with E-state index in [1.54, 1.807) is 48.2 Å². The number of allylic oxidation sites excluding steroid dienone is 1. The van der Waals surface area contributed by atoms with Crippen molar-refractivity contribution < 1.29 is 23.1 Å². The molecule has 35 heavy (non-hydrogen) atoms. The molecule has 2 aromatic carbocycles. The van der Waals surface area contributed by atoms with Crippen LogP contribution in [0.4, 0.5) is 13.2 Å². The van der Waals surface area contributed by atoms with Gasteiger partial charge >= 0.3 is 6.18 Å². The molecule has 0 aromatic heterocycles. The lowest BCUT2D eigenvalue weighted by molar-refractivity contribution is -0.211. The molecule has 1 heterocycles. The number of amides is 1. The number of aliphatic hydroxyl groups excluding tert-OH is 1. The van der Waals surface area contributed by atoms with Gasteiger partial charge in [0.05, 0.1) is 11.5 Å². The molecule has 190 valence electrons. The van der Waals surface area contributed by atoms with Gasteiger partial charge in [0, 0.05) is 28.4 Å². The zero-order chi connectivity index (χ0) is 26.0. The molecule has 3 rings (SSSR count). The van der Waals surface area contributed by atoms with Crippen molar-refractivity contribution in [3.8, 4) is 0 Å². The molecule has 2 unspecified atom stereocenters. The number of alkyl halides is 3. The number of likely N-dealkylation sites (tertiary alicyclic amines) is 1. The Balaban J connectivity index is 2.21. The SMILES string of the molecule is C=CC[C@@]1(C)C[C@H](c2cccc(Cl)c2)C(c2ccc(Cl)cc2)N(C(CC)C[C@@H](O)C(F)(F)F)C1=O. The van der Waals surface area contributed by atoms with Crippen molar-refractivity contribution in [3.63, 3.8) is 0 Å². The molecule has 2 aromatic rings. The Kier molecular flexibility index (Phi) is 8.61. The summed E-state index contributed by atoms with van der Waals surface area (Å²) in [5.74, 6) is -0.508. The summed E-state index contributed by atoms with van der Waals surface area (Å²) in [7, 11) is 0. The summed E-state index contributed by atoms with van der Waals surface area (Å²) in [5.41, 5.74) is 0.763. The molecule has 0 spiro atoms. The van der Waals surface area contributed by atoms with Gasteiger partial charge in [0.2, 0.25) is 5.91 Å². The van der Waals surface area contributed by atoms with E-state index in [0.717, 1.165) is 11.1 Å². The molecule has 0 saturated carbocycles. The van der Waals surface area contributed by atoms with Gasteiger partial charge in [-0.05, 0) is 54.7 Å². The second-order valence-electron chi connectivity index (χ2n) is 9.48. The molecule has 1 aliphatic rings. The average molecular weight is 528 g/mol. The van der Waals surface area contributed by atoms with Crippen molar-refractivity contribution in [2.24, 2.45) is 5.41 Å². The van der Waals surface area contributed by atoms with Crippen LogP contribution in [0.15, 0.2) is 61.2 Å². The number of rotatable bonds is 8. The largest absolute Gasteiger partial charge is 0.414 e. The van der Waals surface area contributed by atoms with E-state index >= 15 is 0 Å². The van der Waals surface area contributed by atoms with E-state index in [4.69, 9.17) is 23.2 Å². The minimum absolute atomic E-state index is 0.245. The molecule has 1 fully saturated rings. The summed E-state index contributed by atoms with van der Waals surface area (Å²) >= 11 is 12.4. The highest BCUT2D eigenvalue weighted by atomic mass is 35.5. The number of nitrogens with zero attached hydrogens (tertiary/aromatic N) is 1. The Labute approximate surface area is 214 Å². The van der Waals surface area contributed by atoms with E-state index in [-0.39, 0.29) is 18.2 Å². The Morgan fingerprint density at radius 3 is 2.37 bits per heavy atom. The molecule has 1 amide bonds. The third-order valence-corrected chi connectivity index (χ3v) is 7.41. The second-order valence-corrected chi connectivity index (χ2v) is 10.4. The van der Waals surface area contributed by atoms with Crippen molar-refractivity contribution in [3.05, 3.63) is 82.4 Å². The molecule has 3 nitrogen and oxygen atoms in total. The topological polar surface area (TPSA) is 40.5 Å². The summed E-state index contributed by atoms with van der Waals surface area (Å²) in [4.78, 5) is 15.6. The first-order valence-electron chi connectivity index (χ1n) is 11.6. The van der Waals surface area contributed by atoms with Gasteiger partial charge in [-0.1, -0.05) is 67.4 Å². The molecule has 1 N–H and O–H groups in total. The number of carbonyl (C=O) groups is 1. The quantitative estimate of drug-likeness (QED) is 0.357. The third-order valence-electron chi connectivity index (χ3n) is 6.92. The second kappa shape index (κ2) is 10.9. The lowest BCUT2D eigenvalue weighted by atomic mass is 9.67. The molecule has 5 atom stereocenters. The standard InChI is InChI=1S/C27H30Cl2F3NO2/c1-4-13-26(3)16-22(18-7-6-8-20(29)14-18)24(17-9-11-19(28)12-10-17)33(25(26)35)21(5-2)15-23(34)27(30,31)32/h4,6-12,14,21-24,34H,1,5,13,15-16H2,2-3H3/t21?,22-,23-,24?,26+/m1/s1. The van der Waals surface area contributed by atoms with Crippen molar-refractivity contribution >= 4 is 29.1 Å². The van der Waals surface area contributed by atoms with Gasteiger partial charge in [0.25, 0.3) is 0 Å². The summed E-state index contributed by atoms with van der Waals surface area (Å²) < 4.78 is 40.0. The molecule has 1 saturated heterocycles. The van der Waals surface area contributed by atoms with Gasteiger partial charge < -0.3 is 10.0 Å². The van der Waals surface area contributed by atoms with E-state index in [0.29, 0.717) is 22.9 Å². The minimum Gasteiger partial charge on any atom is -0.384 e. The summed E-state index contributed by atoms with van der Waals surface area (Å²) in [6.45, 7) is 7.36. The highest BCUT2D eigenvalue weighted by Crippen LogP contribution is 2.52. The number of carbonyl (C=O) groups excluding carboxylic acids is 1. The predicted molar refractivity (Wildman–Crippen MR) is 134 cm³/mol. The molecule has 0 radical (unpaired) electrons. The number of piperidine rings is 1. The maximum Gasteiger partial charge on any atom is 0.414 e.